The molecular formula is C22H26N4O2S. The minimum atomic E-state index is 0.103. The van der Waals surface area contributed by atoms with Gasteiger partial charge in [0.15, 0.2) is 5.13 Å². The maximum atomic E-state index is 13.6. The van der Waals surface area contributed by atoms with Crippen molar-refractivity contribution in [1.29, 1.82) is 0 Å². The van der Waals surface area contributed by atoms with Crippen LogP contribution in [0.2, 0.25) is 0 Å². The molecule has 0 saturated heterocycles. The largest absolute Gasteiger partial charge is 0.497 e. The van der Waals surface area contributed by atoms with Crippen LogP contribution in [0.4, 0.5) is 5.13 Å². The van der Waals surface area contributed by atoms with Gasteiger partial charge < -0.3 is 9.30 Å². The quantitative estimate of drug-likeness (QED) is 0.619. The number of hydrogen-bond acceptors (Lipinski definition) is 5. The van der Waals surface area contributed by atoms with Crippen molar-refractivity contribution in [2.45, 2.75) is 58.0 Å². The lowest BCUT2D eigenvalue weighted by Crippen LogP contribution is -2.37. The first-order chi connectivity index (χ1) is 14.2. The van der Waals surface area contributed by atoms with Gasteiger partial charge in [-0.2, -0.15) is 0 Å². The third-order valence-electron chi connectivity index (χ3n) is 6.16. The van der Waals surface area contributed by atoms with E-state index < -0.39 is 0 Å². The smallest absolute Gasteiger partial charge is 0.232 e. The van der Waals surface area contributed by atoms with E-state index in [0.717, 1.165) is 77.7 Å². The van der Waals surface area contributed by atoms with Gasteiger partial charge in [0.2, 0.25) is 5.91 Å². The lowest BCUT2D eigenvalue weighted by Gasteiger charge is -2.27. The van der Waals surface area contributed by atoms with Crippen LogP contribution in [0.15, 0.2) is 24.4 Å². The number of ether oxygens (including phenoxy) is 1. The Labute approximate surface area is 174 Å². The van der Waals surface area contributed by atoms with Crippen molar-refractivity contribution in [1.82, 2.24) is 14.5 Å². The van der Waals surface area contributed by atoms with Gasteiger partial charge in [0.25, 0.3) is 0 Å². The van der Waals surface area contributed by atoms with Crippen LogP contribution in [0.25, 0.3) is 10.2 Å². The predicted molar refractivity (Wildman–Crippen MR) is 114 cm³/mol. The molecule has 2 aromatic heterocycles. The summed E-state index contributed by atoms with van der Waals surface area (Å²) in [6.07, 6.45) is 9.59. The summed E-state index contributed by atoms with van der Waals surface area (Å²) in [7, 11) is 1.67. The summed E-state index contributed by atoms with van der Waals surface area (Å²) in [5, 5.41) is 0.775. The molecule has 0 spiro atoms. The van der Waals surface area contributed by atoms with Crippen molar-refractivity contribution >= 4 is 32.6 Å². The molecule has 6 nitrogen and oxygen atoms in total. The molecule has 1 aliphatic heterocycles. The Morgan fingerprint density at radius 3 is 2.97 bits per heavy atom. The fourth-order valence-corrected chi connectivity index (χ4v) is 5.55. The van der Waals surface area contributed by atoms with Crippen molar-refractivity contribution in [3.63, 3.8) is 0 Å². The average molecular weight is 411 g/mol. The van der Waals surface area contributed by atoms with Gasteiger partial charge in [-0.25, -0.2) is 9.97 Å². The van der Waals surface area contributed by atoms with Crippen LogP contribution < -0.4 is 9.64 Å². The third kappa shape index (κ3) is 3.52. The van der Waals surface area contributed by atoms with E-state index in [0.29, 0.717) is 6.54 Å². The summed E-state index contributed by atoms with van der Waals surface area (Å²) < 4.78 is 8.67. The molecule has 1 saturated carbocycles. The third-order valence-corrected chi connectivity index (χ3v) is 7.20. The number of nitrogens with zero attached hydrogens (tertiary/aromatic N) is 4. The minimum absolute atomic E-state index is 0.103. The highest BCUT2D eigenvalue weighted by Crippen LogP contribution is 2.35. The molecule has 1 fully saturated rings. The molecule has 0 N–H and O–H groups in total. The normalized spacial score (nSPS) is 16.9. The van der Waals surface area contributed by atoms with E-state index in [-0.39, 0.29) is 11.8 Å². The zero-order chi connectivity index (χ0) is 19.8. The molecule has 3 heterocycles. The van der Waals surface area contributed by atoms with Crippen LogP contribution >= 0.6 is 11.3 Å². The first kappa shape index (κ1) is 18.6. The summed E-state index contributed by atoms with van der Waals surface area (Å²) in [5.41, 5.74) is 2.02. The molecule has 5 rings (SSSR count). The van der Waals surface area contributed by atoms with Crippen LogP contribution in [0.5, 0.6) is 5.75 Å². The summed E-state index contributed by atoms with van der Waals surface area (Å²) in [6.45, 7) is 1.53. The van der Waals surface area contributed by atoms with Crippen LogP contribution in [0, 0.1) is 5.92 Å². The van der Waals surface area contributed by atoms with Gasteiger partial charge in [-0.3, -0.25) is 9.69 Å². The van der Waals surface area contributed by atoms with Gasteiger partial charge in [0, 0.05) is 18.9 Å². The summed E-state index contributed by atoms with van der Waals surface area (Å²) in [4.78, 5) is 24.9. The number of anilines is 1. The van der Waals surface area contributed by atoms with Gasteiger partial charge in [0.1, 0.15) is 11.6 Å². The Balaban J connectivity index is 1.51. The first-order valence-electron chi connectivity index (χ1n) is 10.5. The number of hydrogen-bond donors (Lipinski definition) is 0. The number of thiazole rings is 1. The van der Waals surface area contributed by atoms with Crippen molar-refractivity contribution in [3.8, 4) is 5.75 Å². The molecule has 0 atom stereocenters. The zero-order valence-electron chi connectivity index (χ0n) is 16.8. The number of aryl methyl sites for hydroxylation is 1. The maximum Gasteiger partial charge on any atom is 0.232 e. The summed E-state index contributed by atoms with van der Waals surface area (Å²) in [6, 6.07) is 5.88. The van der Waals surface area contributed by atoms with E-state index in [2.05, 4.69) is 9.55 Å². The highest BCUT2D eigenvalue weighted by atomic mass is 32.1. The Hall–Kier alpha value is -2.41. The fourth-order valence-electron chi connectivity index (χ4n) is 4.55. The van der Waals surface area contributed by atoms with Gasteiger partial charge in [-0.1, -0.05) is 30.6 Å². The molecule has 152 valence electrons. The summed E-state index contributed by atoms with van der Waals surface area (Å²) >= 11 is 1.57. The van der Waals surface area contributed by atoms with E-state index >= 15 is 0 Å². The lowest BCUT2D eigenvalue weighted by atomic mass is 9.88. The molecule has 0 radical (unpaired) electrons. The van der Waals surface area contributed by atoms with Gasteiger partial charge in [-0.05, 0) is 37.5 Å². The number of carbonyl (C=O) groups excluding carboxylic acids is 1. The van der Waals surface area contributed by atoms with E-state index in [1.807, 2.05) is 29.3 Å². The van der Waals surface area contributed by atoms with Crippen molar-refractivity contribution in [2.24, 2.45) is 5.92 Å². The van der Waals surface area contributed by atoms with Crippen LogP contribution in [-0.4, -0.2) is 27.6 Å². The number of amides is 1. The second-order valence-electron chi connectivity index (χ2n) is 8.01. The monoisotopic (exact) mass is 410 g/mol. The molecule has 1 amide bonds. The van der Waals surface area contributed by atoms with E-state index in [4.69, 9.17) is 9.72 Å². The molecule has 3 aromatic rings. The van der Waals surface area contributed by atoms with Crippen LogP contribution in [-0.2, 0) is 24.3 Å². The number of carbonyl (C=O) groups is 1. The lowest BCUT2D eigenvalue weighted by molar-refractivity contribution is -0.123. The molecule has 7 heteroatoms. The van der Waals surface area contributed by atoms with Crippen LogP contribution in [0.3, 0.4) is 0 Å². The average Bonchev–Trinajstić information content (AvgIpc) is 3.47. The first-order valence-corrected chi connectivity index (χ1v) is 11.3. The van der Waals surface area contributed by atoms with Gasteiger partial charge >= 0.3 is 0 Å². The Morgan fingerprint density at radius 1 is 1.28 bits per heavy atom. The topological polar surface area (TPSA) is 60.2 Å². The standard InChI is InChI=1S/C22H26N4O2S/c1-28-17-9-10-18-19(12-17)29-22(24-18)26(21(27)15-6-3-2-4-7-15)14-16-13-23-20-8-5-11-25(16)20/h9-10,12-13,15H,2-8,11,14H2,1H3. The second-order valence-corrected chi connectivity index (χ2v) is 9.02. The van der Waals surface area contributed by atoms with E-state index in [1.54, 1.807) is 18.4 Å². The molecule has 0 unspecified atom stereocenters. The van der Waals surface area contributed by atoms with Crippen molar-refractivity contribution in [3.05, 3.63) is 35.9 Å². The summed E-state index contributed by atoms with van der Waals surface area (Å²) in [5.74, 6) is 2.26. The minimum Gasteiger partial charge on any atom is -0.497 e. The number of fused-ring (bicyclic) bond motifs is 2. The molecule has 1 aliphatic carbocycles. The zero-order valence-corrected chi connectivity index (χ0v) is 17.6. The number of benzene rings is 1. The van der Waals surface area contributed by atoms with E-state index in [1.165, 1.54) is 6.42 Å². The number of methoxy groups -OCH3 is 1. The van der Waals surface area contributed by atoms with Crippen molar-refractivity contribution < 1.29 is 9.53 Å². The van der Waals surface area contributed by atoms with Gasteiger partial charge in [0.05, 0.1) is 35.8 Å². The SMILES string of the molecule is COc1ccc2nc(N(Cc3cnc4n3CCC4)C(=O)C3CCCCC3)sc2c1. The number of imidazole rings is 1. The fraction of sp³-hybridized carbons (Fsp3) is 0.500. The maximum absolute atomic E-state index is 13.6. The molecular weight excluding hydrogens is 384 g/mol. The molecule has 1 aromatic carbocycles. The number of rotatable bonds is 5. The Morgan fingerprint density at radius 2 is 2.14 bits per heavy atom. The Bertz CT molecular complexity index is 1030. The van der Waals surface area contributed by atoms with E-state index in [9.17, 15) is 4.79 Å². The van der Waals surface area contributed by atoms with Crippen LogP contribution in [0.1, 0.15) is 50.0 Å². The highest BCUT2D eigenvalue weighted by molar-refractivity contribution is 7.22. The van der Waals surface area contributed by atoms with Gasteiger partial charge in [-0.15, -0.1) is 0 Å². The Kier molecular flexibility index (Phi) is 4.99. The molecule has 2 aliphatic rings. The van der Waals surface area contributed by atoms with Crippen molar-refractivity contribution in [2.75, 3.05) is 12.0 Å². The molecule has 29 heavy (non-hydrogen) atoms. The number of aromatic nitrogens is 3. The predicted octanol–water partition coefficient (Wildman–Crippen LogP) is 4.56. The highest BCUT2D eigenvalue weighted by Gasteiger charge is 2.30. The second kappa shape index (κ2) is 7.78. The molecule has 0 bridgehead atoms.